The van der Waals surface area contributed by atoms with Gasteiger partial charge in [0.15, 0.2) is 0 Å². The molecule has 0 radical (unpaired) electrons. The molecular weight excluding hydrogens is 292 g/mol. The summed E-state index contributed by atoms with van der Waals surface area (Å²) in [6, 6.07) is 0. The lowest BCUT2D eigenvalue weighted by atomic mass is 9.54. The molecule has 1 aliphatic rings. The Bertz CT molecular complexity index is 441. The van der Waals surface area contributed by atoms with Crippen LogP contribution in [0.2, 0.25) is 0 Å². The summed E-state index contributed by atoms with van der Waals surface area (Å²) in [4.78, 5) is 24.3. The molecule has 23 heavy (non-hydrogen) atoms. The zero-order valence-corrected chi connectivity index (χ0v) is 14.8. The fourth-order valence-corrected chi connectivity index (χ4v) is 3.90. The van der Waals surface area contributed by atoms with Gasteiger partial charge in [0.25, 0.3) is 0 Å². The molecule has 2 unspecified atom stereocenters. The molecule has 0 aromatic carbocycles. The Labute approximate surface area is 140 Å². The van der Waals surface area contributed by atoms with Gasteiger partial charge in [0.1, 0.15) is 0 Å². The van der Waals surface area contributed by atoms with E-state index in [2.05, 4.69) is 13.8 Å². The van der Waals surface area contributed by atoms with Gasteiger partial charge >= 0.3 is 11.9 Å². The Morgan fingerprint density at radius 2 is 1.43 bits per heavy atom. The molecule has 4 heteroatoms. The Morgan fingerprint density at radius 3 is 1.83 bits per heavy atom. The summed E-state index contributed by atoms with van der Waals surface area (Å²) in [6.45, 7) is 6.32. The highest BCUT2D eigenvalue weighted by Gasteiger charge is 2.60. The van der Waals surface area contributed by atoms with Gasteiger partial charge in [-0.1, -0.05) is 65.0 Å². The molecule has 2 N–H and O–H groups in total. The average Bonchev–Trinajstić information content (AvgIpc) is 2.49. The van der Waals surface area contributed by atoms with Gasteiger partial charge in [0, 0.05) is 0 Å². The van der Waals surface area contributed by atoms with E-state index in [4.69, 9.17) is 0 Å². The lowest BCUT2D eigenvalue weighted by Gasteiger charge is -2.46. The van der Waals surface area contributed by atoms with Crippen LogP contribution >= 0.6 is 0 Å². The van der Waals surface area contributed by atoms with E-state index in [0.717, 1.165) is 32.1 Å². The van der Waals surface area contributed by atoms with Gasteiger partial charge in [-0.2, -0.15) is 0 Å². The molecule has 4 nitrogen and oxygen atoms in total. The van der Waals surface area contributed by atoms with Crippen LogP contribution in [0.5, 0.6) is 0 Å². The standard InChI is InChI=1S/C19H32O4/c1-4-5-11-18(16(20)21)13-8-9-14-19(18,17(22)23)12-7-6-10-15(2)3/h8-9,15H,4-7,10-14H2,1-3H3,(H,20,21)(H,22,23). The van der Waals surface area contributed by atoms with Gasteiger partial charge in [0.2, 0.25) is 0 Å². The predicted octanol–water partition coefficient (Wildman–Crippen LogP) is 4.89. The maximum Gasteiger partial charge on any atom is 0.311 e. The monoisotopic (exact) mass is 324 g/mol. The van der Waals surface area contributed by atoms with E-state index in [9.17, 15) is 19.8 Å². The molecule has 0 amide bonds. The Balaban J connectivity index is 3.08. The van der Waals surface area contributed by atoms with Crippen molar-refractivity contribution in [2.75, 3.05) is 0 Å². The molecule has 0 heterocycles. The van der Waals surface area contributed by atoms with Crippen molar-refractivity contribution in [3.8, 4) is 0 Å². The second-order valence-electron chi connectivity index (χ2n) is 7.40. The van der Waals surface area contributed by atoms with Crippen LogP contribution in [-0.4, -0.2) is 22.2 Å². The van der Waals surface area contributed by atoms with Crippen molar-refractivity contribution >= 4 is 11.9 Å². The van der Waals surface area contributed by atoms with Crippen molar-refractivity contribution in [3.05, 3.63) is 12.2 Å². The van der Waals surface area contributed by atoms with Crippen molar-refractivity contribution in [1.29, 1.82) is 0 Å². The molecule has 0 bridgehead atoms. The van der Waals surface area contributed by atoms with E-state index in [1.165, 1.54) is 0 Å². The van der Waals surface area contributed by atoms with Crippen LogP contribution in [-0.2, 0) is 9.59 Å². The molecule has 1 rings (SSSR count). The first kappa shape index (κ1) is 19.7. The van der Waals surface area contributed by atoms with E-state index < -0.39 is 22.8 Å². The maximum atomic E-state index is 12.2. The lowest BCUT2D eigenvalue weighted by Crippen LogP contribution is -2.53. The highest BCUT2D eigenvalue weighted by Crippen LogP contribution is 2.55. The summed E-state index contributed by atoms with van der Waals surface area (Å²) in [5, 5.41) is 19.9. The van der Waals surface area contributed by atoms with E-state index in [-0.39, 0.29) is 0 Å². The maximum absolute atomic E-state index is 12.2. The molecule has 0 aromatic heterocycles. The van der Waals surface area contributed by atoms with Gasteiger partial charge in [-0.3, -0.25) is 9.59 Å². The fraction of sp³-hybridized carbons (Fsp3) is 0.789. The number of carboxylic acids is 2. The summed E-state index contributed by atoms with van der Waals surface area (Å²) in [5.74, 6) is -1.29. The molecule has 0 saturated heterocycles. The highest BCUT2D eigenvalue weighted by atomic mass is 16.4. The van der Waals surface area contributed by atoms with E-state index in [1.54, 1.807) is 0 Å². The number of hydrogen-bond acceptors (Lipinski definition) is 2. The molecule has 0 aliphatic heterocycles. The average molecular weight is 324 g/mol. The van der Waals surface area contributed by atoms with E-state index in [1.807, 2.05) is 19.1 Å². The van der Waals surface area contributed by atoms with Gasteiger partial charge in [-0.25, -0.2) is 0 Å². The number of carbonyl (C=O) groups is 2. The van der Waals surface area contributed by atoms with Crippen molar-refractivity contribution < 1.29 is 19.8 Å². The minimum absolute atomic E-state index is 0.332. The largest absolute Gasteiger partial charge is 0.481 e. The first-order chi connectivity index (χ1) is 10.8. The molecule has 132 valence electrons. The summed E-state index contributed by atoms with van der Waals surface area (Å²) < 4.78 is 0. The third kappa shape index (κ3) is 4.15. The first-order valence-electron chi connectivity index (χ1n) is 8.94. The van der Waals surface area contributed by atoms with Gasteiger partial charge in [0.05, 0.1) is 10.8 Å². The molecular formula is C19H32O4. The second kappa shape index (κ2) is 8.51. The van der Waals surface area contributed by atoms with Crippen molar-refractivity contribution in [2.24, 2.45) is 16.7 Å². The number of aliphatic carboxylic acids is 2. The second-order valence-corrected chi connectivity index (χ2v) is 7.40. The first-order valence-corrected chi connectivity index (χ1v) is 8.94. The third-order valence-corrected chi connectivity index (χ3v) is 5.43. The normalized spacial score (nSPS) is 27.3. The Kier molecular flexibility index (Phi) is 7.30. The zero-order valence-electron chi connectivity index (χ0n) is 14.8. The number of allylic oxidation sites excluding steroid dienone is 2. The van der Waals surface area contributed by atoms with Gasteiger partial charge in [-0.05, 0) is 31.6 Å². The minimum atomic E-state index is -1.17. The Morgan fingerprint density at radius 1 is 0.957 bits per heavy atom. The molecule has 0 spiro atoms. The van der Waals surface area contributed by atoms with Gasteiger partial charge in [-0.15, -0.1) is 0 Å². The van der Waals surface area contributed by atoms with Crippen LogP contribution in [0.4, 0.5) is 0 Å². The number of unbranched alkanes of at least 4 members (excludes halogenated alkanes) is 2. The Hall–Kier alpha value is -1.32. The predicted molar refractivity (Wildman–Crippen MR) is 91.3 cm³/mol. The van der Waals surface area contributed by atoms with Crippen LogP contribution in [0.25, 0.3) is 0 Å². The van der Waals surface area contributed by atoms with Crippen molar-refractivity contribution in [3.63, 3.8) is 0 Å². The molecule has 0 aromatic rings. The van der Waals surface area contributed by atoms with Crippen molar-refractivity contribution in [2.45, 2.75) is 78.6 Å². The van der Waals surface area contributed by atoms with Crippen molar-refractivity contribution in [1.82, 2.24) is 0 Å². The van der Waals surface area contributed by atoms with E-state index in [0.29, 0.717) is 31.6 Å². The van der Waals surface area contributed by atoms with Crippen LogP contribution in [0.3, 0.4) is 0 Å². The van der Waals surface area contributed by atoms with Crippen LogP contribution in [0, 0.1) is 16.7 Å². The number of carboxylic acid groups (broad SMARTS) is 2. The summed E-state index contributed by atoms with van der Waals surface area (Å²) >= 11 is 0. The quantitative estimate of drug-likeness (QED) is 0.443. The van der Waals surface area contributed by atoms with Crippen LogP contribution < -0.4 is 0 Å². The summed E-state index contributed by atoms with van der Waals surface area (Å²) in [6.07, 6.45) is 9.71. The van der Waals surface area contributed by atoms with Crippen LogP contribution in [0.1, 0.15) is 78.6 Å². The molecule has 2 atom stereocenters. The minimum Gasteiger partial charge on any atom is -0.481 e. The zero-order chi connectivity index (χ0) is 17.5. The molecule has 0 saturated carbocycles. The summed E-state index contributed by atoms with van der Waals surface area (Å²) in [5.41, 5.74) is -2.33. The van der Waals surface area contributed by atoms with Gasteiger partial charge < -0.3 is 10.2 Å². The van der Waals surface area contributed by atoms with E-state index >= 15 is 0 Å². The highest BCUT2D eigenvalue weighted by molar-refractivity contribution is 5.87. The molecule has 1 aliphatic carbocycles. The SMILES string of the molecule is CCCCC1(C(=O)O)CC=CCC1(CCCCC(C)C)C(=O)O. The number of rotatable bonds is 10. The molecule has 0 fully saturated rings. The lowest BCUT2D eigenvalue weighted by molar-refractivity contribution is -0.177. The third-order valence-electron chi connectivity index (χ3n) is 5.43. The van der Waals surface area contributed by atoms with Crippen LogP contribution in [0.15, 0.2) is 12.2 Å². The topological polar surface area (TPSA) is 74.6 Å². The smallest absolute Gasteiger partial charge is 0.311 e. The fourth-order valence-electron chi connectivity index (χ4n) is 3.90. The summed E-state index contributed by atoms with van der Waals surface area (Å²) in [7, 11) is 0. The number of hydrogen-bond donors (Lipinski definition) is 2.